The number of rotatable bonds is 2. The first-order chi connectivity index (χ1) is 8.09. The number of hydrogen-bond donors (Lipinski definition) is 2. The van der Waals surface area contributed by atoms with Crippen molar-refractivity contribution in [2.24, 2.45) is 0 Å². The first-order valence-corrected chi connectivity index (χ1v) is 6.93. The number of likely N-dealkylation sites (N-methyl/N-ethyl adjacent to an activating group) is 1. The van der Waals surface area contributed by atoms with E-state index in [1.54, 1.807) is 6.20 Å². The van der Waals surface area contributed by atoms with E-state index in [2.05, 4.69) is 9.88 Å². The van der Waals surface area contributed by atoms with Crippen LogP contribution in [0.2, 0.25) is 0 Å². The van der Waals surface area contributed by atoms with Crippen LogP contribution in [-0.4, -0.2) is 46.1 Å². The number of pyridine rings is 1. The zero-order valence-corrected chi connectivity index (χ0v) is 11.1. The lowest BCUT2D eigenvalue weighted by Crippen LogP contribution is -2.43. The molecular formula is C12H19N3OS. The molecule has 0 bridgehead atoms. The molecule has 1 aliphatic heterocycles. The van der Waals surface area contributed by atoms with Crippen LogP contribution in [0.1, 0.15) is 17.2 Å². The third-order valence-corrected chi connectivity index (χ3v) is 4.26. The highest BCUT2D eigenvalue weighted by atomic mass is 32.2. The van der Waals surface area contributed by atoms with Crippen LogP contribution in [0.15, 0.2) is 12.3 Å². The predicted octanol–water partition coefficient (Wildman–Crippen LogP) is 1.05. The van der Waals surface area contributed by atoms with Crippen LogP contribution in [0.3, 0.4) is 0 Å². The highest BCUT2D eigenvalue weighted by Crippen LogP contribution is 2.29. The van der Waals surface area contributed by atoms with Gasteiger partial charge in [0.1, 0.15) is 5.82 Å². The summed E-state index contributed by atoms with van der Waals surface area (Å²) in [4.78, 5) is 6.31. The molecular weight excluding hydrogens is 234 g/mol. The standard InChI is InChI=1S/C12H19N3OS/c1-8-5-9(12(13)14-6-8)11(16)10-7-17-4-3-15(10)2/h5-6,10-11,16H,3-4,7H2,1-2H3,(H2,13,14). The minimum Gasteiger partial charge on any atom is -0.387 e. The van der Waals surface area contributed by atoms with E-state index in [4.69, 9.17) is 5.73 Å². The summed E-state index contributed by atoms with van der Waals surface area (Å²) in [5.41, 5.74) is 7.63. The molecule has 94 valence electrons. The third kappa shape index (κ3) is 2.73. The Balaban J connectivity index is 2.23. The Labute approximate surface area is 106 Å². The molecule has 0 aromatic carbocycles. The van der Waals surface area contributed by atoms with Gasteiger partial charge in [-0.25, -0.2) is 4.98 Å². The minimum absolute atomic E-state index is 0.125. The number of aryl methyl sites for hydroxylation is 1. The third-order valence-electron chi connectivity index (χ3n) is 3.21. The van der Waals surface area contributed by atoms with E-state index in [0.29, 0.717) is 5.82 Å². The number of nitrogen functional groups attached to an aromatic ring is 1. The van der Waals surface area contributed by atoms with Gasteiger partial charge >= 0.3 is 0 Å². The quantitative estimate of drug-likeness (QED) is 0.825. The van der Waals surface area contributed by atoms with Gasteiger partial charge in [-0.15, -0.1) is 0 Å². The maximum atomic E-state index is 10.4. The molecule has 1 aromatic rings. The van der Waals surface area contributed by atoms with E-state index in [1.807, 2.05) is 31.8 Å². The van der Waals surface area contributed by atoms with E-state index >= 15 is 0 Å². The van der Waals surface area contributed by atoms with Crippen molar-refractivity contribution in [2.75, 3.05) is 30.8 Å². The van der Waals surface area contributed by atoms with Crippen molar-refractivity contribution in [1.29, 1.82) is 0 Å². The Hall–Kier alpha value is -0.780. The molecule has 1 aromatic heterocycles. The Morgan fingerprint density at radius 2 is 2.41 bits per heavy atom. The molecule has 0 radical (unpaired) electrons. The van der Waals surface area contributed by atoms with Gasteiger partial charge in [0.25, 0.3) is 0 Å². The SMILES string of the molecule is Cc1cnc(N)c(C(O)C2CSCCN2C)c1. The fourth-order valence-corrected chi connectivity index (χ4v) is 3.35. The summed E-state index contributed by atoms with van der Waals surface area (Å²) < 4.78 is 0. The van der Waals surface area contributed by atoms with Gasteiger partial charge < -0.3 is 10.8 Å². The number of aromatic nitrogens is 1. The van der Waals surface area contributed by atoms with Crippen LogP contribution in [0.25, 0.3) is 0 Å². The molecule has 2 rings (SSSR count). The molecule has 3 N–H and O–H groups in total. The summed E-state index contributed by atoms with van der Waals surface area (Å²) in [6.45, 7) is 2.97. The molecule has 5 heteroatoms. The van der Waals surface area contributed by atoms with Crippen molar-refractivity contribution in [2.45, 2.75) is 19.1 Å². The average Bonchev–Trinajstić information content (AvgIpc) is 2.32. The van der Waals surface area contributed by atoms with Gasteiger partial charge in [-0.1, -0.05) is 0 Å². The van der Waals surface area contributed by atoms with Crippen molar-refractivity contribution >= 4 is 17.6 Å². The van der Waals surface area contributed by atoms with Gasteiger partial charge in [-0.05, 0) is 25.6 Å². The van der Waals surface area contributed by atoms with Gasteiger partial charge in [-0.3, -0.25) is 4.90 Å². The summed E-state index contributed by atoms with van der Waals surface area (Å²) in [6.07, 6.45) is 1.17. The summed E-state index contributed by atoms with van der Waals surface area (Å²) in [6, 6.07) is 2.06. The number of aliphatic hydroxyl groups excluding tert-OH is 1. The molecule has 0 amide bonds. The van der Waals surface area contributed by atoms with Crippen molar-refractivity contribution in [3.63, 3.8) is 0 Å². The Kier molecular flexibility index (Phi) is 3.91. The topological polar surface area (TPSA) is 62.4 Å². The van der Waals surface area contributed by atoms with Gasteiger partial charge in [0.05, 0.1) is 6.10 Å². The second-order valence-electron chi connectivity index (χ2n) is 4.55. The number of nitrogens with zero attached hydrogens (tertiary/aromatic N) is 2. The minimum atomic E-state index is -0.555. The molecule has 1 saturated heterocycles. The Morgan fingerprint density at radius 1 is 1.65 bits per heavy atom. The van der Waals surface area contributed by atoms with Gasteiger partial charge in [0, 0.05) is 35.9 Å². The van der Waals surface area contributed by atoms with Crippen LogP contribution in [0.5, 0.6) is 0 Å². The van der Waals surface area contributed by atoms with E-state index in [-0.39, 0.29) is 6.04 Å². The van der Waals surface area contributed by atoms with Crippen molar-refractivity contribution in [3.8, 4) is 0 Å². The Morgan fingerprint density at radius 3 is 3.12 bits per heavy atom. The number of aliphatic hydroxyl groups is 1. The first kappa shape index (κ1) is 12.7. The smallest absolute Gasteiger partial charge is 0.129 e. The largest absolute Gasteiger partial charge is 0.387 e. The highest BCUT2D eigenvalue weighted by Gasteiger charge is 2.29. The molecule has 2 atom stereocenters. The fourth-order valence-electron chi connectivity index (χ4n) is 2.08. The lowest BCUT2D eigenvalue weighted by Gasteiger charge is -2.35. The normalized spacial score (nSPS) is 23.6. The van der Waals surface area contributed by atoms with Crippen LogP contribution >= 0.6 is 11.8 Å². The lowest BCUT2D eigenvalue weighted by atomic mass is 10.0. The summed E-state index contributed by atoms with van der Waals surface area (Å²) >= 11 is 1.88. The summed E-state index contributed by atoms with van der Waals surface area (Å²) in [5, 5.41) is 10.4. The number of anilines is 1. The summed E-state index contributed by atoms with van der Waals surface area (Å²) in [7, 11) is 2.05. The molecule has 4 nitrogen and oxygen atoms in total. The zero-order chi connectivity index (χ0) is 12.4. The summed E-state index contributed by atoms with van der Waals surface area (Å²) in [5.74, 6) is 2.50. The second kappa shape index (κ2) is 5.25. The van der Waals surface area contributed by atoms with Crippen LogP contribution < -0.4 is 5.73 Å². The monoisotopic (exact) mass is 253 g/mol. The van der Waals surface area contributed by atoms with Gasteiger partial charge in [0.15, 0.2) is 0 Å². The van der Waals surface area contributed by atoms with Crippen molar-refractivity contribution < 1.29 is 5.11 Å². The fraction of sp³-hybridized carbons (Fsp3) is 0.583. The molecule has 0 aliphatic carbocycles. The Bertz CT molecular complexity index is 399. The highest BCUT2D eigenvalue weighted by molar-refractivity contribution is 7.99. The van der Waals surface area contributed by atoms with Crippen molar-refractivity contribution in [3.05, 3.63) is 23.4 Å². The van der Waals surface area contributed by atoms with Crippen LogP contribution in [0.4, 0.5) is 5.82 Å². The van der Waals surface area contributed by atoms with E-state index < -0.39 is 6.10 Å². The van der Waals surface area contributed by atoms with Crippen molar-refractivity contribution in [1.82, 2.24) is 9.88 Å². The molecule has 2 unspecified atom stereocenters. The maximum Gasteiger partial charge on any atom is 0.129 e. The molecule has 0 saturated carbocycles. The molecule has 1 fully saturated rings. The van der Waals surface area contributed by atoms with Gasteiger partial charge in [0.2, 0.25) is 0 Å². The van der Waals surface area contributed by atoms with E-state index in [1.165, 1.54) is 0 Å². The lowest BCUT2D eigenvalue weighted by molar-refractivity contribution is 0.0761. The van der Waals surface area contributed by atoms with E-state index in [0.717, 1.165) is 29.2 Å². The number of thioether (sulfide) groups is 1. The first-order valence-electron chi connectivity index (χ1n) is 5.77. The van der Waals surface area contributed by atoms with Crippen LogP contribution in [0, 0.1) is 6.92 Å². The number of hydrogen-bond acceptors (Lipinski definition) is 5. The molecule has 17 heavy (non-hydrogen) atoms. The molecule has 1 aliphatic rings. The van der Waals surface area contributed by atoms with E-state index in [9.17, 15) is 5.11 Å². The molecule has 0 spiro atoms. The predicted molar refractivity (Wildman–Crippen MR) is 72.1 cm³/mol. The van der Waals surface area contributed by atoms with Crippen LogP contribution in [-0.2, 0) is 0 Å². The maximum absolute atomic E-state index is 10.4. The molecule has 2 heterocycles. The van der Waals surface area contributed by atoms with Gasteiger partial charge in [-0.2, -0.15) is 11.8 Å². The zero-order valence-electron chi connectivity index (χ0n) is 10.3. The second-order valence-corrected chi connectivity index (χ2v) is 5.70. The average molecular weight is 253 g/mol. The number of nitrogens with two attached hydrogens (primary N) is 1.